The summed E-state index contributed by atoms with van der Waals surface area (Å²) in [5, 5.41) is 2.92. The first-order valence-electron chi connectivity index (χ1n) is 13.0. The van der Waals surface area contributed by atoms with E-state index in [9.17, 15) is 26.4 Å². The summed E-state index contributed by atoms with van der Waals surface area (Å²) in [5.74, 6) is -0.496. The summed E-state index contributed by atoms with van der Waals surface area (Å²) < 4.78 is 71.9. The molecule has 6 nitrogen and oxygen atoms in total. The zero-order valence-electron chi connectivity index (χ0n) is 23.2. The number of rotatable bonds is 10. The monoisotopic (exact) mass is 618 g/mol. The molecule has 0 aliphatic heterocycles. The molecular formula is C31H30ClF3N2O4S. The molecule has 11 heteroatoms. The lowest BCUT2D eigenvalue weighted by atomic mass is 10.1. The number of anilines is 1. The van der Waals surface area contributed by atoms with Gasteiger partial charge in [0.2, 0.25) is 0 Å². The van der Waals surface area contributed by atoms with Crippen LogP contribution in [0.3, 0.4) is 0 Å². The topological polar surface area (TPSA) is 77.4 Å². The second-order valence-electron chi connectivity index (χ2n) is 10.1. The molecule has 0 fully saturated rings. The smallest absolute Gasteiger partial charge is 0.373 e. The van der Waals surface area contributed by atoms with Crippen molar-refractivity contribution < 1.29 is 31.1 Å². The van der Waals surface area contributed by atoms with Crippen LogP contribution < -0.4 is 5.32 Å². The van der Waals surface area contributed by atoms with Crippen LogP contribution in [0.5, 0.6) is 0 Å². The predicted molar refractivity (Wildman–Crippen MR) is 157 cm³/mol. The minimum atomic E-state index is -4.48. The van der Waals surface area contributed by atoms with E-state index in [0.29, 0.717) is 30.1 Å². The first kappa shape index (κ1) is 31.3. The first-order valence-corrected chi connectivity index (χ1v) is 15.3. The molecule has 1 heterocycles. The zero-order valence-corrected chi connectivity index (χ0v) is 24.8. The van der Waals surface area contributed by atoms with E-state index < -0.39 is 28.3 Å². The molecule has 0 saturated heterocycles. The van der Waals surface area contributed by atoms with Crippen molar-refractivity contribution in [1.29, 1.82) is 0 Å². The fourth-order valence-electron chi connectivity index (χ4n) is 4.67. The van der Waals surface area contributed by atoms with Crippen LogP contribution in [0, 0.1) is 6.92 Å². The summed E-state index contributed by atoms with van der Waals surface area (Å²) in [7, 11) is -3.41. The fraction of sp³-hybridized carbons (Fsp3) is 0.258. The van der Waals surface area contributed by atoms with Crippen molar-refractivity contribution in [3.05, 3.63) is 112 Å². The van der Waals surface area contributed by atoms with Crippen LogP contribution >= 0.6 is 11.6 Å². The Hall–Kier alpha value is -3.60. The minimum Gasteiger partial charge on any atom is -0.373 e. The zero-order chi connectivity index (χ0) is 30.7. The molecule has 0 bridgehead atoms. The van der Waals surface area contributed by atoms with Crippen molar-refractivity contribution in [1.82, 2.24) is 4.57 Å². The van der Waals surface area contributed by atoms with Gasteiger partial charge in [-0.25, -0.2) is 8.42 Å². The molecule has 3 aromatic carbocycles. The average Bonchev–Trinajstić information content (AvgIpc) is 3.22. The SMILES string of the molecule is Cc1c(C(=O)Nc2ccc(S(C)(=O)=O)cc2)cc(C[C@H](C)OCc2ccccc2)n1-c1ccc(Cl)cc1CC(F)(F)F. The van der Waals surface area contributed by atoms with E-state index in [0.717, 1.165) is 11.8 Å². The van der Waals surface area contributed by atoms with Crippen molar-refractivity contribution in [3.63, 3.8) is 0 Å². The van der Waals surface area contributed by atoms with E-state index in [1.54, 1.807) is 17.6 Å². The van der Waals surface area contributed by atoms with Gasteiger partial charge in [-0.3, -0.25) is 4.79 Å². The Balaban J connectivity index is 1.70. The summed E-state index contributed by atoms with van der Waals surface area (Å²) in [6, 6.07) is 21.2. The maximum absolute atomic E-state index is 13.5. The largest absolute Gasteiger partial charge is 0.393 e. The molecule has 1 amide bonds. The van der Waals surface area contributed by atoms with Gasteiger partial charge in [-0.2, -0.15) is 13.2 Å². The Labute approximate surface area is 248 Å². The molecule has 0 saturated carbocycles. The maximum Gasteiger partial charge on any atom is 0.393 e. The Morgan fingerprint density at radius 3 is 2.31 bits per heavy atom. The van der Waals surface area contributed by atoms with Gasteiger partial charge in [0, 0.05) is 40.5 Å². The van der Waals surface area contributed by atoms with E-state index in [2.05, 4.69) is 5.32 Å². The molecule has 0 aliphatic carbocycles. The maximum atomic E-state index is 13.5. The number of nitrogens with one attached hydrogen (secondary N) is 1. The summed E-state index contributed by atoms with van der Waals surface area (Å²) in [6.45, 7) is 3.86. The molecule has 222 valence electrons. The molecule has 1 atom stereocenters. The Bertz CT molecular complexity index is 1670. The number of aromatic nitrogens is 1. The van der Waals surface area contributed by atoms with Gasteiger partial charge in [0.1, 0.15) is 0 Å². The summed E-state index contributed by atoms with van der Waals surface area (Å²) in [6.07, 6.45) is -4.63. The number of amides is 1. The van der Waals surface area contributed by atoms with Crippen LogP contribution in [-0.4, -0.2) is 37.4 Å². The summed E-state index contributed by atoms with van der Waals surface area (Å²) in [4.78, 5) is 13.5. The number of carbonyl (C=O) groups is 1. The Morgan fingerprint density at radius 1 is 1.02 bits per heavy atom. The number of hydrogen-bond acceptors (Lipinski definition) is 4. The fourth-order valence-corrected chi connectivity index (χ4v) is 5.49. The highest BCUT2D eigenvalue weighted by Gasteiger charge is 2.30. The summed E-state index contributed by atoms with van der Waals surface area (Å²) in [5.41, 5.74) is 2.83. The second kappa shape index (κ2) is 12.7. The quantitative estimate of drug-likeness (QED) is 0.202. The van der Waals surface area contributed by atoms with Gasteiger partial charge in [0.05, 0.1) is 29.6 Å². The molecule has 0 spiro atoms. The molecule has 4 aromatic rings. The van der Waals surface area contributed by atoms with Crippen LogP contribution in [0.2, 0.25) is 5.02 Å². The van der Waals surface area contributed by atoms with Crippen molar-refractivity contribution in [2.24, 2.45) is 0 Å². The van der Waals surface area contributed by atoms with Gasteiger partial charge in [0.25, 0.3) is 5.91 Å². The number of ether oxygens (including phenoxy) is 1. The third-order valence-corrected chi connectivity index (χ3v) is 8.02. The second-order valence-corrected chi connectivity index (χ2v) is 12.5. The highest BCUT2D eigenvalue weighted by Crippen LogP contribution is 2.32. The molecule has 1 aromatic heterocycles. The van der Waals surface area contributed by atoms with Crippen molar-refractivity contribution in [2.45, 2.75) is 50.5 Å². The number of sulfone groups is 1. The third kappa shape index (κ3) is 8.02. The lowest BCUT2D eigenvalue weighted by molar-refractivity contribution is -0.127. The van der Waals surface area contributed by atoms with Gasteiger partial charge < -0.3 is 14.6 Å². The average molecular weight is 619 g/mol. The Kier molecular flexibility index (Phi) is 9.50. The number of nitrogens with zero attached hydrogens (tertiary/aromatic N) is 1. The van der Waals surface area contributed by atoms with Crippen LogP contribution in [-0.2, 0) is 34.0 Å². The number of carbonyl (C=O) groups excluding carboxylic acids is 1. The first-order chi connectivity index (χ1) is 19.7. The number of alkyl halides is 3. The van der Waals surface area contributed by atoms with Gasteiger partial charge in [-0.1, -0.05) is 41.9 Å². The molecule has 0 radical (unpaired) electrons. The van der Waals surface area contributed by atoms with Gasteiger partial charge in [-0.15, -0.1) is 0 Å². The van der Waals surface area contributed by atoms with E-state index in [1.165, 1.54) is 42.5 Å². The van der Waals surface area contributed by atoms with Crippen LogP contribution in [0.4, 0.5) is 18.9 Å². The molecule has 42 heavy (non-hydrogen) atoms. The van der Waals surface area contributed by atoms with Gasteiger partial charge in [0.15, 0.2) is 9.84 Å². The molecule has 4 rings (SSSR count). The van der Waals surface area contributed by atoms with Crippen molar-refractivity contribution in [3.8, 4) is 5.69 Å². The number of halogens is 4. The van der Waals surface area contributed by atoms with E-state index in [1.807, 2.05) is 37.3 Å². The highest BCUT2D eigenvalue weighted by atomic mass is 35.5. The molecule has 0 unspecified atom stereocenters. The summed E-state index contributed by atoms with van der Waals surface area (Å²) >= 11 is 6.08. The predicted octanol–water partition coefficient (Wildman–Crippen LogP) is 7.35. The number of benzene rings is 3. The highest BCUT2D eigenvalue weighted by molar-refractivity contribution is 7.90. The minimum absolute atomic E-state index is 0.0314. The van der Waals surface area contributed by atoms with Crippen LogP contribution in [0.25, 0.3) is 5.69 Å². The normalized spacial score (nSPS) is 12.7. The number of hydrogen-bond donors (Lipinski definition) is 1. The van der Waals surface area contributed by atoms with Crippen LogP contribution in [0.15, 0.2) is 83.8 Å². The van der Waals surface area contributed by atoms with E-state index in [4.69, 9.17) is 16.3 Å². The molecule has 1 N–H and O–H groups in total. The van der Waals surface area contributed by atoms with Gasteiger partial charge >= 0.3 is 6.18 Å². The molecule has 0 aliphatic rings. The lowest BCUT2D eigenvalue weighted by Gasteiger charge is -2.20. The lowest BCUT2D eigenvalue weighted by Crippen LogP contribution is -2.18. The molecular weight excluding hydrogens is 589 g/mol. The standard InChI is InChI=1S/C31H30ClF3N2O4S/c1-20(41-19-22-7-5-4-6-8-22)15-26-17-28(30(38)36-25-10-12-27(13-11-25)42(3,39)40)21(2)37(26)29-14-9-24(32)16-23(29)18-31(33,34)35/h4-14,16-17,20H,15,18-19H2,1-3H3,(H,36,38)/t20-/m0/s1. The van der Waals surface area contributed by atoms with Crippen LogP contribution in [0.1, 0.15) is 39.8 Å². The van der Waals surface area contributed by atoms with Gasteiger partial charge in [-0.05, 0) is 73.5 Å². The Morgan fingerprint density at radius 2 is 1.69 bits per heavy atom. The third-order valence-electron chi connectivity index (χ3n) is 6.66. The van der Waals surface area contributed by atoms with Crippen molar-refractivity contribution >= 4 is 33.0 Å². The van der Waals surface area contributed by atoms with Crippen molar-refractivity contribution in [2.75, 3.05) is 11.6 Å². The van der Waals surface area contributed by atoms with E-state index in [-0.39, 0.29) is 32.8 Å². The van der Waals surface area contributed by atoms with E-state index >= 15 is 0 Å².